The SMILES string of the molecule is CC(C)CNC(=O)N1CCCC(C(=O)NC(CCC(=O)O)c2ccccc2)C1. The van der Waals surface area contributed by atoms with Crippen molar-refractivity contribution in [2.45, 2.75) is 45.6 Å². The van der Waals surface area contributed by atoms with Crippen molar-refractivity contribution in [1.82, 2.24) is 15.5 Å². The van der Waals surface area contributed by atoms with Gasteiger partial charge in [-0.2, -0.15) is 0 Å². The van der Waals surface area contributed by atoms with Crippen LogP contribution in [0.4, 0.5) is 4.79 Å². The number of rotatable bonds is 8. The molecule has 154 valence electrons. The lowest BCUT2D eigenvalue weighted by Crippen LogP contribution is -2.49. The Morgan fingerprint density at radius 1 is 1.21 bits per heavy atom. The highest BCUT2D eigenvalue weighted by atomic mass is 16.4. The van der Waals surface area contributed by atoms with E-state index in [0.29, 0.717) is 32.0 Å². The number of carbonyl (C=O) groups is 3. The number of nitrogens with one attached hydrogen (secondary N) is 2. The number of likely N-dealkylation sites (tertiary alicyclic amines) is 1. The monoisotopic (exact) mass is 389 g/mol. The van der Waals surface area contributed by atoms with Gasteiger partial charge in [0.15, 0.2) is 0 Å². The number of carboxylic acid groups (broad SMARTS) is 1. The van der Waals surface area contributed by atoms with Crippen molar-refractivity contribution in [3.63, 3.8) is 0 Å². The zero-order chi connectivity index (χ0) is 20.5. The molecule has 1 saturated heterocycles. The fourth-order valence-electron chi connectivity index (χ4n) is 3.34. The van der Waals surface area contributed by atoms with Crippen LogP contribution in [0.1, 0.15) is 51.1 Å². The first-order valence-electron chi connectivity index (χ1n) is 9.96. The number of amides is 3. The Morgan fingerprint density at radius 3 is 2.57 bits per heavy atom. The summed E-state index contributed by atoms with van der Waals surface area (Å²) in [6.07, 6.45) is 1.81. The lowest BCUT2D eigenvalue weighted by molar-refractivity contribution is -0.137. The van der Waals surface area contributed by atoms with Crippen molar-refractivity contribution in [1.29, 1.82) is 0 Å². The molecule has 1 aliphatic rings. The summed E-state index contributed by atoms with van der Waals surface area (Å²) in [5, 5.41) is 14.9. The number of hydrogen-bond acceptors (Lipinski definition) is 3. The molecule has 0 aromatic heterocycles. The summed E-state index contributed by atoms with van der Waals surface area (Å²) in [4.78, 5) is 37.8. The first-order chi connectivity index (χ1) is 13.4. The van der Waals surface area contributed by atoms with Crippen molar-refractivity contribution >= 4 is 17.9 Å². The van der Waals surface area contributed by atoms with E-state index in [-0.39, 0.29) is 30.3 Å². The van der Waals surface area contributed by atoms with Crippen LogP contribution in [-0.4, -0.2) is 47.5 Å². The van der Waals surface area contributed by atoms with Gasteiger partial charge in [0.25, 0.3) is 0 Å². The fourth-order valence-corrected chi connectivity index (χ4v) is 3.34. The summed E-state index contributed by atoms with van der Waals surface area (Å²) in [7, 11) is 0. The van der Waals surface area contributed by atoms with E-state index in [2.05, 4.69) is 10.6 Å². The third-order valence-corrected chi connectivity index (χ3v) is 4.91. The largest absolute Gasteiger partial charge is 0.481 e. The Morgan fingerprint density at radius 2 is 1.93 bits per heavy atom. The summed E-state index contributed by atoms with van der Waals surface area (Å²) in [6, 6.07) is 8.92. The molecule has 0 bridgehead atoms. The van der Waals surface area contributed by atoms with Gasteiger partial charge in [0.2, 0.25) is 5.91 Å². The van der Waals surface area contributed by atoms with Crippen LogP contribution in [0.15, 0.2) is 30.3 Å². The van der Waals surface area contributed by atoms with E-state index in [1.165, 1.54) is 0 Å². The van der Waals surface area contributed by atoms with E-state index < -0.39 is 5.97 Å². The standard InChI is InChI=1S/C21H31N3O4/c1-15(2)13-22-21(28)24-12-6-9-17(14-24)20(27)23-18(10-11-19(25)26)16-7-4-3-5-8-16/h3-5,7-8,15,17-18H,6,9-14H2,1-2H3,(H,22,28)(H,23,27)(H,25,26). The predicted molar refractivity (Wildman–Crippen MR) is 107 cm³/mol. The number of urea groups is 1. The third kappa shape index (κ3) is 6.87. The molecule has 0 saturated carbocycles. The first kappa shape index (κ1) is 21.7. The van der Waals surface area contributed by atoms with E-state index in [0.717, 1.165) is 18.4 Å². The molecule has 1 aromatic carbocycles. The maximum absolute atomic E-state index is 12.8. The summed E-state index contributed by atoms with van der Waals surface area (Å²) in [5.74, 6) is -0.926. The van der Waals surface area contributed by atoms with Crippen LogP contribution in [0.3, 0.4) is 0 Å². The Balaban J connectivity index is 1.97. The second kappa shape index (κ2) is 10.7. The van der Waals surface area contributed by atoms with Crippen molar-refractivity contribution in [3.8, 4) is 0 Å². The van der Waals surface area contributed by atoms with E-state index >= 15 is 0 Å². The molecule has 2 unspecified atom stereocenters. The van der Waals surface area contributed by atoms with E-state index in [9.17, 15) is 14.4 Å². The van der Waals surface area contributed by atoms with Gasteiger partial charge in [0.1, 0.15) is 0 Å². The number of piperidine rings is 1. The van der Waals surface area contributed by atoms with Crippen LogP contribution in [0.2, 0.25) is 0 Å². The molecule has 1 heterocycles. The second-order valence-electron chi connectivity index (χ2n) is 7.77. The highest BCUT2D eigenvalue weighted by Gasteiger charge is 2.30. The van der Waals surface area contributed by atoms with E-state index in [4.69, 9.17) is 5.11 Å². The molecule has 1 fully saturated rings. The van der Waals surface area contributed by atoms with Gasteiger partial charge in [0, 0.05) is 26.1 Å². The number of nitrogens with zero attached hydrogens (tertiary/aromatic N) is 1. The summed E-state index contributed by atoms with van der Waals surface area (Å²) >= 11 is 0. The maximum atomic E-state index is 12.8. The fraction of sp³-hybridized carbons (Fsp3) is 0.571. The van der Waals surface area contributed by atoms with E-state index in [1.54, 1.807) is 4.90 Å². The minimum absolute atomic E-state index is 0.0196. The number of carbonyl (C=O) groups excluding carboxylic acids is 2. The Kier molecular flexibility index (Phi) is 8.29. The maximum Gasteiger partial charge on any atom is 0.317 e. The molecule has 3 N–H and O–H groups in total. The van der Waals surface area contributed by atoms with Crippen LogP contribution < -0.4 is 10.6 Å². The molecular formula is C21H31N3O4. The lowest BCUT2D eigenvalue weighted by atomic mass is 9.95. The first-order valence-corrected chi connectivity index (χ1v) is 9.96. The molecule has 2 rings (SSSR count). The van der Waals surface area contributed by atoms with Gasteiger partial charge in [-0.3, -0.25) is 9.59 Å². The number of hydrogen-bond donors (Lipinski definition) is 3. The minimum Gasteiger partial charge on any atom is -0.481 e. The lowest BCUT2D eigenvalue weighted by Gasteiger charge is -2.33. The van der Waals surface area contributed by atoms with Crippen LogP contribution in [-0.2, 0) is 9.59 Å². The summed E-state index contributed by atoms with van der Waals surface area (Å²) in [6.45, 7) is 5.71. The molecule has 0 radical (unpaired) electrons. The van der Waals surface area contributed by atoms with Gasteiger partial charge in [0.05, 0.1) is 12.0 Å². The smallest absolute Gasteiger partial charge is 0.317 e. The Hall–Kier alpha value is -2.57. The molecule has 28 heavy (non-hydrogen) atoms. The number of benzene rings is 1. The van der Waals surface area contributed by atoms with Crippen LogP contribution in [0.25, 0.3) is 0 Å². The normalized spacial score (nSPS) is 17.8. The van der Waals surface area contributed by atoms with Crippen LogP contribution in [0.5, 0.6) is 0 Å². The topological polar surface area (TPSA) is 98.7 Å². The van der Waals surface area contributed by atoms with Crippen LogP contribution in [0, 0.1) is 11.8 Å². The van der Waals surface area contributed by atoms with Gasteiger partial charge in [-0.15, -0.1) is 0 Å². The summed E-state index contributed by atoms with van der Waals surface area (Å²) in [5.41, 5.74) is 0.888. The molecule has 3 amide bonds. The Labute approximate surface area is 166 Å². The van der Waals surface area contributed by atoms with Gasteiger partial charge in [-0.1, -0.05) is 44.2 Å². The third-order valence-electron chi connectivity index (χ3n) is 4.91. The number of carboxylic acids is 1. The molecule has 2 atom stereocenters. The van der Waals surface area contributed by atoms with Gasteiger partial charge >= 0.3 is 12.0 Å². The van der Waals surface area contributed by atoms with Crippen molar-refractivity contribution < 1.29 is 19.5 Å². The average Bonchev–Trinajstić information content (AvgIpc) is 2.69. The second-order valence-corrected chi connectivity index (χ2v) is 7.77. The molecule has 0 spiro atoms. The minimum atomic E-state index is -0.888. The zero-order valence-electron chi connectivity index (χ0n) is 16.7. The number of aliphatic carboxylic acids is 1. The summed E-state index contributed by atoms with van der Waals surface area (Å²) < 4.78 is 0. The molecule has 7 nitrogen and oxygen atoms in total. The Bertz CT molecular complexity index is 663. The van der Waals surface area contributed by atoms with Crippen molar-refractivity contribution in [3.05, 3.63) is 35.9 Å². The van der Waals surface area contributed by atoms with Crippen LogP contribution >= 0.6 is 0 Å². The van der Waals surface area contributed by atoms with Gasteiger partial charge < -0.3 is 20.6 Å². The molecule has 1 aromatic rings. The molecular weight excluding hydrogens is 358 g/mol. The molecule has 7 heteroatoms. The highest BCUT2D eigenvalue weighted by molar-refractivity contribution is 5.81. The van der Waals surface area contributed by atoms with Crippen molar-refractivity contribution in [2.75, 3.05) is 19.6 Å². The molecule has 0 aliphatic carbocycles. The quantitative estimate of drug-likeness (QED) is 0.637. The molecule has 1 aliphatic heterocycles. The van der Waals surface area contributed by atoms with Crippen molar-refractivity contribution in [2.24, 2.45) is 11.8 Å². The van der Waals surface area contributed by atoms with E-state index in [1.807, 2.05) is 44.2 Å². The van der Waals surface area contributed by atoms with Gasteiger partial charge in [-0.05, 0) is 30.7 Å². The van der Waals surface area contributed by atoms with Gasteiger partial charge in [-0.25, -0.2) is 4.79 Å². The average molecular weight is 389 g/mol. The predicted octanol–water partition coefficient (Wildman–Crippen LogP) is 2.79. The zero-order valence-corrected chi connectivity index (χ0v) is 16.7. The highest BCUT2D eigenvalue weighted by Crippen LogP contribution is 2.22.